The molecule has 4 nitrogen and oxygen atoms in total. The van der Waals surface area contributed by atoms with Crippen LogP contribution in [0.15, 0.2) is 58.3 Å². The second-order valence-electron chi connectivity index (χ2n) is 9.54. The highest BCUT2D eigenvalue weighted by Gasteiger charge is 2.23. The Hall–Kier alpha value is -1.44. The molecule has 3 saturated carbocycles. The Labute approximate surface area is 227 Å². The molecule has 0 bridgehead atoms. The van der Waals surface area contributed by atoms with Crippen LogP contribution in [-0.2, 0) is 27.2 Å². The van der Waals surface area contributed by atoms with Crippen molar-refractivity contribution in [1.29, 1.82) is 0 Å². The molecule has 0 unspecified atom stereocenters. The van der Waals surface area contributed by atoms with Crippen LogP contribution >= 0.6 is 40.3 Å². The molecule has 0 atom stereocenters. The van der Waals surface area contributed by atoms with Crippen molar-refractivity contribution in [3.63, 3.8) is 0 Å². The third-order valence-corrected chi connectivity index (χ3v) is 8.30. The molecule has 0 aromatic heterocycles. The molecule has 2 aromatic carbocycles. The lowest BCUT2D eigenvalue weighted by atomic mass is 10.1. The van der Waals surface area contributed by atoms with Crippen LogP contribution in [0.25, 0.3) is 0 Å². The highest BCUT2D eigenvalue weighted by atomic mass is 79.9. The fraction of sp³-hybridized carbons (Fsp3) is 0.500. The lowest BCUT2D eigenvalue weighted by Gasteiger charge is -2.05. The number of thioether (sulfide) groups is 1. The molecule has 0 aliphatic heterocycles. The largest absolute Gasteiger partial charge is 0.481 e. The summed E-state index contributed by atoms with van der Waals surface area (Å²) in [5.41, 5.74) is 1.85. The fourth-order valence-electron chi connectivity index (χ4n) is 2.98. The second kappa shape index (κ2) is 15.0. The summed E-state index contributed by atoms with van der Waals surface area (Å²) in [6.45, 7) is 0.619. The number of carboxylic acid groups (broad SMARTS) is 1. The molecule has 0 spiro atoms. The van der Waals surface area contributed by atoms with E-state index in [1.807, 2.05) is 23.9 Å². The summed E-state index contributed by atoms with van der Waals surface area (Å²) in [5.74, 6) is 2.98. The van der Waals surface area contributed by atoms with E-state index in [4.69, 9.17) is 9.84 Å². The van der Waals surface area contributed by atoms with Gasteiger partial charge in [-0.25, -0.2) is 0 Å². The van der Waals surface area contributed by atoms with Gasteiger partial charge >= 0.3 is 11.9 Å². The number of aliphatic carboxylic acids is 1. The molecule has 2 aromatic rings. The predicted octanol–water partition coefficient (Wildman–Crippen LogP) is 7.08. The quantitative estimate of drug-likeness (QED) is 0.136. The SMILES string of the molecule is BrCC1CC1.O=C(Cc1ccc(SCC2CC2)cc1)OCC1CC1.O=C(O)Cc1ccc(S)cc1. The lowest BCUT2D eigenvalue weighted by molar-refractivity contribution is -0.143. The number of carbonyl (C=O) groups excluding carboxylic acids is 1. The van der Waals surface area contributed by atoms with Crippen molar-refractivity contribution in [1.82, 2.24) is 0 Å². The van der Waals surface area contributed by atoms with E-state index >= 15 is 0 Å². The molecule has 0 saturated heterocycles. The van der Waals surface area contributed by atoms with Crippen LogP contribution in [-0.4, -0.2) is 34.7 Å². The van der Waals surface area contributed by atoms with Gasteiger partial charge in [0.15, 0.2) is 0 Å². The normalized spacial score (nSPS) is 16.3. The number of thiol groups is 1. The van der Waals surface area contributed by atoms with Gasteiger partial charge in [0.05, 0.1) is 19.4 Å². The summed E-state index contributed by atoms with van der Waals surface area (Å²) in [6.07, 6.45) is 8.65. The first-order chi connectivity index (χ1) is 16.9. The number of esters is 1. The topological polar surface area (TPSA) is 63.6 Å². The number of alkyl halides is 1. The number of hydrogen-bond acceptors (Lipinski definition) is 5. The van der Waals surface area contributed by atoms with Gasteiger partial charge in [0.25, 0.3) is 0 Å². The van der Waals surface area contributed by atoms with Crippen LogP contribution in [0.2, 0.25) is 0 Å². The predicted molar refractivity (Wildman–Crippen MR) is 149 cm³/mol. The van der Waals surface area contributed by atoms with Gasteiger partial charge in [-0.05, 0) is 91.7 Å². The Balaban J connectivity index is 0.000000179. The molecule has 35 heavy (non-hydrogen) atoms. The molecule has 3 aliphatic carbocycles. The highest BCUT2D eigenvalue weighted by molar-refractivity contribution is 9.09. The number of hydrogen-bond donors (Lipinski definition) is 2. The Morgan fingerprint density at radius 2 is 1.40 bits per heavy atom. The summed E-state index contributed by atoms with van der Waals surface area (Å²) < 4.78 is 5.24. The van der Waals surface area contributed by atoms with Crippen molar-refractivity contribution in [2.45, 2.75) is 61.2 Å². The molecule has 1 N–H and O–H groups in total. The Morgan fingerprint density at radius 1 is 0.857 bits per heavy atom. The number of halogens is 1. The molecule has 0 amide bonds. The Morgan fingerprint density at radius 3 is 1.89 bits per heavy atom. The van der Waals surface area contributed by atoms with Gasteiger partial charge in [-0.15, -0.1) is 24.4 Å². The molecule has 190 valence electrons. The third kappa shape index (κ3) is 13.4. The Bertz CT molecular complexity index is 921. The summed E-state index contributed by atoms with van der Waals surface area (Å²) >= 11 is 9.38. The highest BCUT2D eigenvalue weighted by Crippen LogP contribution is 2.35. The maximum atomic E-state index is 11.6. The van der Waals surface area contributed by atoms with Crippen LogP contribution in [0.4, 0.5) is 0 Å². The van der Waals surface area contributed by atoms with E-state index in [1.54, 1.807) is 24.3 Å². The number of carboxylic acids is 1. The van der Waals surface area contributed by atoms with Gasteiger partial charge < -0.3 is 9.84 Å². The van der Waals surface area contributed by atoms with Gasteiger partial charge in [-0.2, -0.15) is 0 Å². The zero-order valence-corrected chi connectivity index (χ0v) is 23.3. The van der Waals surface area contributed by atoms with Crippen LogP contribution < -0.4 is 0 Å². The minimum absolute atomic E-state index is 0.0774. The smallest absolute Gasteiger partial charge is 0.310 e. The van der Waals surface area contributed by atoms with Crippen LogP contribution in [0.5, 0.6) is 0 Å². The summed E-state index contributed by atoms with van der Waals surface area (Å²) in [4.78, 5) is 24.0. The maximum absolute atomic E-state index is 11.6. The van der Waals surface area contributed by atoms with Gasteiger partial charge in [0.2, 0.25) is 0 Å². The summed E-state index contributed by atoms with van der Waals surface area (Å²) in [5, 5.41) is 9.65. The van der Waals surface area contributed by atoms with E-state index in [2.05, 4.69) is 40.7 Å². The minimum Gasteiger partial charge on any atom is -0.481 e. The van der Waals surface area contributed by atoms with Crippen molar-refractivity contribution in [2.75, 3.05) is 17.7 Å². The first-order valence-corrected chi connectivity index (χ1v) is 14.9. The van der Waals surface area contributed by atoms with E-state index < -0.39 is 5.97 Å². The molecular weight excluding hydrogens is 544 g/mol. The van der Waals surface area contributed by atoms with Crippen LogP contribution in [0, 0.1) is 17.8 Å². The molecule has 0 heterocycles. The van der Waals surface area contributed by atoms with E-state index in [9.17, 15) is 9.59 Å². The van der Waals surface area contributed by atoms with Gasteiger partial charge in [0, 0.05) is 20.9 Å². The molecule has 3 aliphatic rings. The lowest BCUT2D eigenvalue weighted by Crippen LogP contribution is -2.09. The van der Waals surface area contributed by atoms with Crippen molar-refractivity contribution >= 4 is 52.3 Å². The summed E-state index contributed by atoms with van der Waals surface area (Å²) in [7, 11) is 0. The minimum atomic E-state index is -0.808. The van der Waals surface area contributed by atoms with Crippen molar-refractivity contribution < 1.29 is 19.4 Å². The van der Waals surface area contributed by atoms with Crippen molar-refractivity contribution in [3.8, 4) is 0 Å². The molecule has 3 fully saturated rings. The van der Waals surface area contributed by atoms with Gasteiger partial charge in [0.1, 0.15) is 0 Å². The van der Waals surface area contributed by atoms with E-state index in [-0.39, 0.29) is 12.4 Å². The number of benzene rings is 2. The van der Waals surface area contributed by atoms with Crippen LogP contribution in [0.3, 0.4) is 0 Å². The standard InChI is InChI=1S/C16H20O2S.C8H8O2S.C4H7Br/c17-16(18-10-13-1-2-13)9-12-5-7-15(8-6-12)19-11-14-3-4-14;9-8(10)5-6-1-3-7(11)4-2-6;5-3-4-1-2-4/h5-8,13-14H,1-4,9-11H2;1-4,11H,5H2,(H,9,10);4H,1-3H2. The molecule has 5 rings (SSSR count). The van der Waals surface area contributed by atoms with Gasteiger partial charge in [-0.1, -0.05) is 40.2 Å². The van der Waals surface area contributed by atoms with Crippen molar-refractivity contribution in [3.05, 3.63) is 59.7 Å². The number of rotatable bonds is 10. The third-order valence-electron chi connectivity index (χ3n) is 5.84. The van der Waals surface area contributed by atoms with Crippen molar-refractivity contribution in [2.24, 2.45) is 17.8 Å². The second-order valence-corrected chi connectivity index (χ2v) is 11.8. The average molecular weight is 580 g/mol. The molecular formula is C28H35BrO4S2. The first kappa shape index (κ1) is 28.1. The van der Waals surface area contributed by atoms with E-state index in [0.29, 0.717) is 18.9 Å². The molecule has 0 radical (unpaired) electrons. The number of ether oxygens (including phenoxy) is 1. The monoisotopic (exact) mass is 578 g/mol. The zero-order chi connectivity index (χ0) is 25.0. The first-order valence-electron chi connectivity index (χ1n) is 12.3. The zero-order valence-electron chi connectivity index (χ0n) is 20.0. The van der Waals surface area contributed by atoms with E-state index in [1.165, 1.54) is 54.5 Å². The summed E-state index contributed by atoms with van der Waals surface area (Å²) in [6, 6.07) is 15.4. The number of carbonyl (C=O) groups is 2. The van der Waals surface area contributed by atoms with E-state index in [0.717, 1.165) is 27.9 Å². The van der Waals surface area contributed by atoms with Gasteiger partial charge in [-0.3, -0.25) is 9.59 Å². The van der Waals surface area contributed by atoms with Crippen LogP contribution in [0.1, 0.15) is 49.7 Å². The molecule has 7 heteroatoms. The Kier molecular flexibility index (Phi) is 12.0. The maximum Gasteiger partial charge on any atom is 0.310 e. The fourth-order valence-corrected chi connectivity index (χ4v) is 4.86. The average Bonchev–Trinajstić information content (AvgIpc) is 3.71.